The Kier molecular flexibility index (Phi) is 6.79. The van der Waals surface area contributed by atoms with Crippen LogP contribution in [0.15, 0.2) is 0 Å². The fourth-order valence-electron chi connectivity index (χ4n) is 4.17. The number of ether oxygens (including phenoxy) is 1. The van der Waals surface area contributed by atoms with E-state index in [2.05, 4.69) is 24.1 Å². The SMILES string of the molecule is COCCN(CC1CCCN1)C1CCCCC1C(C)C. The van der Waals surface area contributed by atoms with E-state index in [1.807, 2.05) is 7.11 Å². The molecular weight excluding hydrogens is 248 g/mol. The summed E-state index contributed by atoms with van der Waals surface area (Å²) in [6, 6.07) is 1.49. The number of nitrogens with one attached hydrogen (secondary N) is 1. The first-order chi connectivity index (χ1) is 9.72. The Bertz CT molecular complexity index is 264. The van der Waals surface area contributed by atoms with Crippen LogP contribution in [0.5, 0.6) is 0 Å². The maximum Gasteiger partial charge on any atom is 0.0589 e. The highest BCUT2D eigenvalue weighted by molar-refractivity contribution is 4.88. The third kappa shape index (κ3) is 4.44. The molecule has 0 spiro atoms. The zero-order chi connectivity index (χ0) is 14.4. The van der Waals surface area contributed by atoms with Gasteiger partial charge in [-0.2, -0.15) is 0 Å². The van der Waals surface area contributed by atoms with Crippen molar-refractivity contribution in [2.45, 2.75) is 64.5 Å². The Morgan fingerprint density at radius 3 is 2.60 bits per heavy atom. The van der Waals surface area contributed by atoms with E-state index in [4.69, 9.17) is 4.74 Å². The first-order valence-corrected chi connectivity index (χ1v) is 8.68. The smallest absolute Gasteiger partial charge is 0.0589 e. The Morgan fingerprint density at radius 1 is 1.15 bits per heavy atom. The van der Waals surface area contributed by atoms with Crippen LogP contribution in [0.4, 0.5) is 0 Å². The van der Waals surface area contributed by atoms with Gasteiger partial charge in [-0.15, -0.1) is 0 Å². The monoisotopic (exact) mass is 282 g/mol. The van der Waals surface area contributed by atoms with Crippen LogP contribution in [0.1, 0.15) is 52.4 Å². The summed E-state index contributed by atoms with van der Waals surface area (Å²) in [5, 5.41) is 3.66. The van der Waals surface area contributed by atoms with Gasteiger partial charge >= 0.3 is 0 Å². The van der Waals surface area contributed by atoms with Crippen molar-refractivity contribution in [2.24, 2.45) is 11.8 Å². The molecule has 2 aliphatic rings. The second-order valence-electron chi connectivity index (χ2n) is 7.04. The highest BCUT2D eigenvalue weighted by atomic mass is 16.5. The molecule has 1 aliphatic carbocycles. The van der Waals surface area contributed by atoms with Gasteiger partial charge in [0.05, 0.1) is 6.61 Å². The van der Waals surface area contributed by atoms with Gasteiger partial charge in [0.25, 0.3) is 0 Å². The number of methoxy groups -OCH3 is 1. The molecule has 3 unspecified atom stereocenters. The van der Waals surface area contributed by atoms with E-state index in [-0.39, 0.29) is 0 Å². The van der Waals surface area contributed by atoms with E-state index >= 15 is 0 Å². The van der Waals surface area contributed by atoms with Crippen LogP contribution in [0.25, 0.3) is 0 Å². The van der Waals surface area contributed by atoms with Gasteiger partial charge in [-0.1, -0.05) is 26.7 Å². The fraction of sp³-hybridized carbons (Fsp3) is 1.00. The number of hydrogen-bond acceptors (Lipinski definition) is 3. The minimum Gasteiger partial charge on any atom is -0.383 e. The van der Waals surface area contributed by atoms with Gasteiger partial charge in [-0.25, -0.2) is 0 Å². The largest absolute Gasteiger partial charge is 0.383 e. The lowest BCUT2D eigenvalue weighted by Gasteiger charge is -2.43. The quantitative estimate of drug-likeness (QED) is 0.777. The Morgan fingerprint density at radius 2 is 1.95 bits per heavy atom. The van der Waals surface area contributed by atoms with E-state index in [0.717, 1.165) is 31.0 Å². The maximum atomic E-state index is 5.36. The van der Waals surface area contributed by atoms with Gasteiger partial charge in [0.15, 0.2) is 0 Å². The minimum atomic E-state index is 0.710. The Labute approximate surface area is 125 Å². The van der Waals surface area contributed by atoms with E-state index in [9.17, 15) is 0 Å². The second-order valence-corrected chi connectivity index (χ2v) is 7.04. The van der Waals surface area contributed by atoms with Gasteiger partial charge < -0.3 is 10.1 Å². The highest BCUT2D eigenvalue weighted by Gasteiger charge is 2.33. The van der Waals surface area contributed by atoms with Crippen LogP contribution >= 0.6 is 0 Å². The van der Waals surface area contributed by atoms with Crippen molar-refractivity contribution in [2.75, 3.05) is 33.4 Å². The summed E-state index contributed by atoms with van der Waals surface area (Å²) in [5.41, 5.74) is 0. The zero-order valence-corrected chi connectivity index (χ0v) is 13.7. The minimum absolute atomic E-state index is 0.710. The van der Waals surface area contributed by atoms with Crippen LogP contribution in [-0.2, 0) is 4.74 Å². The summed E-state index contributed by atoms with van der Waals surface area (Å²) in [5.74, 6) is 1.68. The first-order valence-electron chi connectivity index (χ1n) is 8.68. The van der Waals surface area contributed by atoms with Crippen molar-refractivity contribution < 1.29 is 4.74 Å². The predicted octanol–water partition coefficient (Wildman–Crippen LogP) is 2.90. The van der Waals surface area contributed by atoms with Crippen LogP contribution in [-0.4, -0.2) is 50.3 Å². The molecule has 1 aliphatic heterocycles. The van der Waals surface area contributed by atoms with Crippen molar-refractivity contribution in [3.05, 3.63) is 0 Å². The highest BCUT2D eigenvalue weighted by Crippen LogP contribution is 2.33. The van der Waals surface area contributed by atoms with E-state index < -0.39 is 0 Å². The van der Waals surface area contributed by atoms with E-state index in [1.165, 1.54) is 51.6 Å². The van der Waals surface area contributed by atoms with E-state index in [0.29, 0.717) is 6.04 Å². The molecule has 2 fully saturated rings. The summed E-state index contributed by atoms with van der Waals surface area (Å²) in [6.07, 6.45) is 8.35. The Hall–Kier alpha value is -0.120. The molecule has 3 atom stereocenters. The van der Waals surface area contributed by atoms with Crippen molar-refractivity contribution in [3.63, 3.8) is 0 Å². The molecule has 2 rings (SSSR count). The zero-order valence-electron chi connectivity index (χ0n) is 13.7. The van der Waals surface area contributed by atoms with E-state index in [1.54, 1.807) is 0 Å². The molecule has 0 bridgehead atoms. The molecule has 1 heterocycles. The average Bonchev–Trinajstić information content (AvgIpc) is 2.96. The summed E-state index contributed by atoms with van der Waals surface area (Å²) >= 11 is 0. The lowest BCUT2D eigenvalue weighted by Crippen LogP contribution is -2.50. The van der Waals surface area contributed by atoms with Gasteiger partial charge in [0.1, 0.15) is 0 Å². The molecule has 0 radical (unpaired) electrons. The predicted molar refractivity (Wildman–Crippen MR) is 85.1 cm³/mol. The van der Waals surface area contributed by atoms with Crippen molar-refractivity contribution >= 4 is 0 Å². The molecule has 0 aromatic heterocycles. The van der Waals surface area contributed by atoms with Crippen molar-refractivity contribution in [1.29, 1.82) is 0 Å². The number of rotatable bonds is 7. The number of nitrogens with zero attached hydrogens (tertiary/aromatic N) is 1. The number of hydrogen-bond donors (Lipinski definition) is 1. The van der Waals surface area contributed by atoms with Gasteiger partial charge in [-0.05, 0) is 44.1 Å². The molecule has 118 valence electrons. The molecule has 3 heteroatoms. The molecule has 0 aromatic rings. The molecule has 3 nitrogen and oxygen atoms in total. The lowest BCUT2D eigenvalue weighted by atomic mass is 9.77. The molecule has 20 heavy (non-hydrogen) atoms. The summed E-state index contributed by atoms with van der Waals surface area (Å²) in [6.45, 7) is 9.21. The van der Waals surface area contributed by atoms with Crippen LogP contribution < -0.4 is 5.32 Å². The first kappa shape index (κ1) is 16.3. The normalized spacial score (nSPS) is 31.4. The van der Waals surface area contributed by atoms with Crippen LogP contribution in [0.2, 0.25) is 0 Å². The van der Waals surface area contributed by atoms with Crippen LogP contribution in [0.3, 0.4) is 0 Å². The molecule has 1 saturated carbocycles. The molecule has 0 amide bonds. The average molecular weight is 282 g/mol. The van der Waals surface area contributed by atoms with Crippen LogP contribution in [0, 0.1) is 11.8 Å². The maximum absolute atomic E-state index is 5.36. The van der Waals surface area contributed by atoms with Gasteiger partial charge in [0, 0.05) is 32.3 Å². The van der Waals surface area contributed by atoms with Gasteiger partial charge in [-0.3, -0.25) is 4.90 Å². The third-order valence-electron chi connectivity index (χ3n) is 5.31. The van der Waals surface area contributed by atoms with Crippen molar-refractivity contribution in [3.8, 4) is 0 Å². The van der Waals surface area contributed by atoms with Crippen molar-refractivity contribution in [1.82, 2.24) is 10.2 Å². The molecular formula is C17H34N2O. The lowest BCUT2D eigenvalue weighted by molar-refractivity contribution is 0.0488. The fourth-order valence-corrected chi connectivity index (χ4v) is 4.17. The Balaban J connectivity index is 1.98. The molecule has 1 saturated heterocycles. The topological polar surface area (TPSA) is 24.5 Å². The summed E-state index contributed by atoms with van der Waals surface area (Å²) in [4.78, 5) is 2.75. The molecule has 0 aromatic carbocycles. The third-order valence-corrected chi connectivity index (χ3v) is 5.31. The van der Waals surface area contributed by atoms with Gasteiger partial charge in [0.2, 0.25) is 0 Å². The second kappa shape index (κ2) is 8.35. The molecule has 1 N–H and O–H groups in total. The summed E-state index contributed by atoms with van der Waals surface area (Å²) in [7, 11) is 1.83. The summed E-state index contributed by atoms with van der Waals surface area (Å²) < 4.78 is 5.36. The standard InChI is InChI=1S/C17H34N2O/c1-14(2)16-8-4-5-9-17(16)19(11-12-20-3)13-15-7-6-10-18-15/h14-18H,4-13H2,1-3H3.